The van der Waals surface area contributed by atoms with Gasteiger partial charge in [-0.1, -0.05) is 35.9 Å². The number of ether oxygens (including phenoxy) is 1. The third-order valence-electron chi connectivity index (χ3n) is 3.92. The summed E-state index contributed by atoms with van der Waals surface area (Å²) in [5.74, 6) is -0.00962. The number of morpholine rings is 1. The maximum absolute atomic E-state index is 12.8. The summed E-state index contributed by atoms with van der Waals surface area (Å²) >= 11 is 6.19. The van der Waals surface area contributed by atoms with Crippen molar-refractivity contribution in [2.75, 3.05) is 26.3 Å². The van der Waals surface area contributed by atoms with E-state index < -0.39 is 0 Å². The molecule has 5 heteroatoms. The Hall–Kier alpha value is -2.17. The Morgan fingerprint density at radius 3 is 2.67 bits per heavy atom. The zero-order chi connectivity index (χ0) is 16.9. The van der Waals surface area contributed by atoms with E-state index in [1.165, 1.54) is 0 Å². The minimum atomic E-state index is -0.00962. The number of hydrogen-bond donors (Lipinski definition) is 0. The summed E-state index contributed by atoms with van der Waals surface area (Å²) < 4.78 is 5.32. The highest BCUT2D eigenvalue weighted by atomic mass is 35.5. The lowest BCUT2D eigenvalue weighted by atomic mass is 10.1. The maximum atomic E-state index is 12.8. The van der Waals surface area contributed by atoms with Crippen LogP contribution in [0.4, 0.5) is 0 Å². The number of aryl methyl sites for hydroxylation is 1. The number of pyridine rings is 1. The van der Waals surface area contributed by atoms with Crippen LogP contribution in [0.15, 0.2) is 36.4 Å². The highest BCUT2D eigenvalue weighted by Crippen LogP contribution is 2.20. The van der Waals surface area contributed by atoms with E-state index in [9.17, 15) is 4.79 Å². The number of carbonyl (C=O) groups excluding carboxylic acids is 1. The van der Waals surface area contributed by atoms with Crippen molar-refractivity contribution in [3.63, 3.8) is 0 Å². The summed E-state index contributed by atoms with van der Waals surface area (Å²) in [6.45, 7) is 4.29. The van der Waals surface area contributed by atoms with Gasteiger partial charge in [-0.3, -0.25) is 9.78 Å². The number of amides is 1. The van der Waals surface area contributed by atoms with Gasteiger partial charge in [0.25, 0.3) is 5.91 Å². The molecule has 3 rings (SSSR count). The van der Waals surface area contributed by atoms with Crippen molar-refractivity contribution in [1.29, 1.82) is 0 Å². The van der Waals surface area contributed by atoms with Crippen molar-refractivity contribution < 1.29 is 9.53 Å². The van der Waals surface area contributed by atoms with E-state index in [4.69, 9.17) is 16.3 Å². The van der Waals surface area contributed by atoms with Crippen LogP contribution in [0.25, 0.3) is 12.2 Å². The Bertz CT molecular complexity index is 768. The van der Waals surface area contributed by atoms with Gasteiger partial charge in [0.1, 0.15) is 0 Å². The van der Waals surface area contributed by atoms with Gasteiger partial charge in [0.15, 0.2) is 0 Å². The average Bonchev–Trinajstić information content (AvgIpc) is 2.61. The SMILES string of the molecule is Cc1ccc(C(=O)N2CCOCC2)c(C=Cc2ccccc2Cl)n1. The molecule has 1 aromatic carbocycles. The first-order valence-corrected chi connectivity index (χ1v) is 8.30. The summed E-state index contributed by atoms with van der Waals surface area (Å²) in [5, 5.41) is 0.669. The molecule has 1 aliphatic rings. The Morgan fingerprint density at radius 1 is 1.17 bits per heavy atom. The molecule has 1 aromatic heterocycles. The molecule has 0 saturated carbocycles. The van der Waals surface area contributed by atoms with E-state index in [1.54, 1.807) is 0 Å². The fourth-order valence-electron chi connectivity index (χ4n) is 2.60. The fraction of sp³-hybridized carbons (Fsp3) is 0.263. The number of carbonyl (C=O) groups is 1. The molecule has 1 fully saturated rings. The van der Waals surface area contributed by atoms with Crippen LogP contribution < -0.4 is 0 Å². The van der Waals surface area contributed by atoms with E-state index in [-0.39, 0.29) is 5.91 Å². The van der Waals surface area contributed by atoms with Gasteiger partial charge in [-0.05, 0) is 36.8 Å². The lowest BCUT2D eigenvalue weighted by Gasteiger charge is -2.27. The topological polar surface area (TPSA) is 42.4 Å². The summed E-state index contributed by atoms with van der Waals surface area (Å²) in [5.41, 5.74) is 3.02. The molecule has 0 aliphatic carbocycles. The zero-order valence-electron chi connectivity index (χ0n) is 13.5. The molecule has 0 radical (unpaired) electrons. The van der Waals surface area contributed by atoms with E-state index in [2.05, 4.69) is 4.98 Å². The fourth-order valence-corrected chi connectivity index (χ4v) is 2.80. The van der Waals surface area contributed by atoms with Crippen LogP contribution >= 0.6 is 11.6 Å². The van der Waals surface area contributed by atoms with E-state index in [0.29, 0.717) is 42.6 Å². The molecule has 2 heterocycles. The number of benzene rings is 1. The average molecular weight is 343 g/mol. The second-order valence-electron chi connectivity index (χ2n) is 5.64. The Morgan fingerprint density at radius 2 is 1.92 bits per heavy atom. The summed E-state index contributed by atoms with van der Waals surface area (Å²) in [6, 6.07) is 11.3. The minimum Gasteiger partial charge on any atom is -0.378 e. The Kier molecular flexibility index (Phi) is 5.28. The van der Waals surface area contributed by atoms with E-state index in [1.807, 2.05) is 60.4 Å². The van der Waals surface area contributed by atoms with Crippen LogP contribution in [0.5, 0.6) is 0 Å². The first-order valence-electron chi connectivity index (χ1n) is 7.92. The van der Waals surface area contributed by atoms with Gasteiger partial charge in [-0.25, -0.2) is 0 Å². The molecule has 0 N–H and O–H groups in total. The molecule has 1 saturated heterocycles. The zero-order valence-corrected chi connectivity index (χ0v) is 14.3. The van der Waals surface area contributed by atoms with Gasteiger partial charge in [0.2, 0.25) is 0 Å². The molecule has 1 aliphatic heterocycles. The largest absolute Gasteiger partial charge is 0.378 e. The monoisotopic (exact) mass is 342 g/mol. The predicted octanol–water partition coefficient (Wildman–Crippen LogP) is 3.69. The van der Waals surface area contributed by atoms with Crippen LogP contribution in [-0.4, -0.2) is 42.1 Å². The predicted molar refractivity (Wildman–Crippen MR) is 96.1 cm³/mol. The van der Waals surface area contributed by atoms with Gasteiger partial charge in [-0.15, -0.1) is 0 Å². The smallest absolute Gasteiger partial charge is 0.256 e. The molecule has 0 unspecified atom stereocenters. The highest BCUT2D eigenvalue weighted by molar-refractivity contribution is 6.32. The van der Waals surface area contributed by atoms with Gasteiger partial charge >= 0.3 is 0 Å². The molecule has 0 spiro atoms. The van der Waals surface area contributed by atoms with Crippen LogP contribution in [0.2, 0.25) is 5.02 Å². The number of hydrogen-bond acceptors (Lipinski definition) is 3. The summed E-state index contributed by atoms with van der Waals surface area (Å²) in [7, 11) is 0. The van der Waals surface area contributed by atoms with Crippen molar-refractivity contribution >= 4 is 29.7 Å². The Labute approximate surface area is 146 Å². The molecule has 0 bridgehead atoms. The molecule has 1 amide bonds. The van der Waals surface area contributed by atoms with Crippen LogP contribution in [0.3, 0.4) is 0 Å². The van der Waals surface area contributed by atoms with Gasteiger partial charge in [0.05, 0.1) is 24.5 Å². The molecule has 4 nitrogen and oxygen atoms in total. The number of aromatic nitrogens is 1. The van der Waals surface area contributed by atoms with Crippen molar-refractivity contribution in [3.05, 3.63) is 63.9 Å². The molecular formula is C19H19ClN2O2. The highest BCUT2D eigenvalue weighted by Gasteiger charge is 2.21. The second-order valence-corrected chi connectivity index (χ2v) is 6.05. The first kappa shape index (κ1) is 16.7. The summed E-state index contributed by atoms with van der Waals surface area (Å²) in [4.78, 5) is 19.1. The molecule has 24 heavy (non-hydrogen) atoms. The molecule has 2 aromatic rings. The minimum absolute atomic E-state index is 0.00962. The standard InChI is InChI=1S/C19H19ClN2O2/c1-14-6-8-16(19(23)22-10-12-24-13-11-22)18(21-14)9-7-15-4-2-3-5-17(15)20/h2-9H,10-13H2,1H3. The normalized spacial score (nSPS) is 15.0. The van der Waals surface area contributed by atoms with Crippen molar-refractivity contribution in [2.24, 2.45) is 0 Å². The lowest BCUT2D eigenvalue weighted by molar-refractivity contribution is 0.0302. The quantitative estimate of drug-likeness (QED) is 0.854. The van der Waals surface area contributed by atoms with Crippen molar-refractivity contribution in [3.8, 4) is 0 Å². The summed E-state index contributed by atoms with van der Waals surface area (Å²) in [6.07, 6.45) is 3.74. The number of rotatable bonds is 3. The number of halogens is 1. The van der Waals surface area contributed by atoms with Gasteiger partial charge < -0.3 is 9.64 Å². The second kappa shape index (κ2) is 7.60. The third kappa shape index (κ3) is 3.83. The third-order valence-corrected chi connectivity index (χ3v) is 4.26. The first-order chi connectivity index (χ1) is 11.6. The Balaban J connectivity index is 1.91. The molecule has 124 valence electrons. The molecule has 0 atom stereocenters. The van der Waals surface area contributed by atoms with Crippen LogP contribution in [-0.2, 0) is 4.74 Å². The van der Waals surface area contributed by atoms with Crippen molar-refractivity contribution in [1.82, 2.24) is 9.88 Å². The molecular weight excluding hydrogens is 324 g/mol. The van der Waals surface area contributed by atoms with Crippen molar-refractivity contribution in [2.45, 2.75) is 6.92 Å². The number of nitrogens with zero attached hydrogens (tertiary/aromatic N) is 2. The van der Waals surface area contributed by atoms with Crippen LogP contribution in [0, 0.1) is 6.92 Å². The van der Waals surface area contributed by atoms with Gasteiger partial charge in [0, 0.05) is 23.8 Å². The lowest BCUT2D eigenvalue weighted by Crippen LogP contribution is -2.41. The van der Waals surface area contributed by atoms with E-state index >= 15 is 0 Å². The maximum Gasteiger partial charge on any atom is 0.256 e. The van der Waals surface area contributed by atoms with E-state index in [0.717, 1.165) is 11.3 Å². The van der Waals surface area contributed by atoms with Crippen LogP contribution in [0.1, 0.15) is 27.3 Å². The van der Waals surface area contributed by atoms with Gasteiger partial charge in [-0.2, -0.15) is 0 Å².